The van der Waals surface area contributed by atoms with Crippen molar-refractivity contribution in [1.29, 1.82) is 0 Å². The number of halogens is 2. The number of alkyl halides is 1. The number of rotatable bonds is 7. The van der Waals surface area contributed by atoms with Gasteiger partial charge in [-0.05, 0) is 30.4 Å². The summed E-state index contributed by atoms with van der Waals surface area (Å²) in [7, 11) is -3.79. The summed E-state index contributed by atoms with van der Waals surface area (Å²) in [6, 6.07) is 5.38. The predicted octanol–water partition coefficient (Wildman–Crippen LogP) is 3.31. The van der Waals surface area contributed by atoms with Gasteiger partial charge in [-0.3, -0.25) is 0 Å². The molecule has 0 bridgehead atoms. The van der Waals surface area contributed by atoms with Crippen LogP contribution in [0.25, 0.3) is 0 Å². The molecule has 0 unspecified atom stereocenters. The average Bonchev–Trinajstić information content (AvgIpc) is 2.35. The normalized spacial score (nSPS) is 12.6. The summed E-state index contributed by atoms with van der Waals surface area (Å²) in [4.78, 5) is -0.300. The smallest absolute Gasteiger partial charge is 0.211 e. The fourth-order valence-electron chi connectivity index (χ4n) is 1.66. The van der Waals surface area contributed by atoms with Crippen LogP contribution in [0, 0.1) is 11.2 Å². The molecular weight excluding hydrogens is 333 g/mol. The molecule has 1 rings (SSSR count). The van der Waals surface area contributed by atoms with Crippen LogP contribution in [-0.4, -0.2) is 20.3 Å². The minimum atomic E-state index is -3.79. The maximum atomic E-state index is 13.5. The molecule has 0 heterocycles. The molecule has 1 aromatic rings. The Morgan fingerprint density at radius 1 is 1.32 bits per heavy atom. The van der Waals surface area contributed by atoms with Crippen LogP contribution in [0.3, 0.4) is 0 Å². The summed E-state index contributed by atoms with van der Waals surface area (Å²) in [5.74, 6) is -0.728. The van der Waals surface area contributed by atoms with Gasteiger partial charge in [0.05, 0.1) is 0 Å². The van der Waals surface area contributed by atoms with E-state index in [9.17, 15) is 12.8 Å². The van der Waals surface area contributed by atoms with E-state index < -0.39 is 15.8 Å². The lowest BCUT2D eigenvalue weighted by Crippen LogP contribution is -2.34. The SMILES string of the molecule is CC(C)(CCCBr)CNS(=O)(=O)c1ccccc1F. The maximum absolute atomic E-state index is 13.5. The molecule has 19 heavy (non-hydrogen) atoms. The van der Waals surface area contributed by atoms with Gasteiger partial charge in [-0.15, -0.1) is 0 Å². The summed E-state index contributed by atoms with van der Waals surface area (Å²) < 4.78 is 40.0. The van der Waals surface area contributed by atoms with Gasteiger partial charge in [0, 0.05) is 11.9 Å². The lowest BCUT2D eigenvalue weighted by atomic mass is 9.88. The van der Waals surface area contributed by atoms with Crippen LogP contribution < -0.4 is 4.72 Å². The van der Waals surface area contributed by atoms with Crippen LogP contribution in [0.4, 0.5) is 4.39 Å². The quantitative estimate of drug-likeness (QED) is 0.766. The van der Waals surface area contributed by atoms with Crippen molar-refractivity contribution in [3.05, 3.63) is 30.1 Å². The molecule has 6 heteroatoms. The molecule has 0 saturated carbocycles. The molecule has 0 aliphatic heterocycles. The Labute approximate surface area is 122 Å². The highest BCUT2D eigenvalue weighted by Gasteiger charge is 2.23. The molecule has 1 aromatic carbocycles. The van der Waals surface area contributed by atoms with Gasteiger partial charge in [-0.2, -0.15) is 0 Å². The monoisotopic (exact) mass is 351 g/mol. The number of sulfonamides is 1. The molecular formula is C13H19BrFNO2S. The minimum absolute atomic E-state index is 0.161. The third kappa shape index (κ3) is 5.20. The average molecular weight is 352 g/mol. The zero-order chi connectivity index (χ0) is 14.5. The second-order valence-corrected chi connectivity index (χ2v) is 7.74. The van der Waals surface area contributed by atoms with Gasteiger partial charge in [-0.25, -0.2) is 17.5 Å². The maximum Gasteiger partial charge on any atom is 0.243 e. The lowest BCUT2D eigenvalue weighted by molar-refractivity contribution is 0.332. The van der Waals surface area contributed by atoms with E-state index in [2.05, 4.69) is 20.7 Å². The van der Waals surface area contributed by atoms with Gasteiger partial charge < -0.3 is 0 Å². The van der Waals surface area contributed by atoms with Crippen LogP contribution in [0.15, 0.2) is 29.2 Å². The Balaban J connectivity index is 2.74. The third-order valence-corrected chi connectivity index (χ3v) is 4.85. The zero-order valence-corrected chi connectivity index (χ0v) is 13.5. The Morgan fingerprint density at radius 3 is 2.53 bits per heavy atom. The van der Waals surface area contributed by atoms with Crippen molar-refractivity contribution in [3.63, 3.8) is 0 Å². The van der Waals surface area contributed by atoms with E-state index in [0.717, 1.165) is 24.2 Å². The largest absolute Gasteiger partial charge is 0.243 e. The number of nitrogens with one attached hydrogen (secondary N) is 1. The molecule has 108 valence electrons. The van der Waals surface area contributed by atoms with E-state index in [1.54, 1.807) is 0 Å². The fraction of sp³-hybridized carbons (Fsp3) is 0.538. The molecule has 0 amide bonds. The Kier molecular flexibility index (Phi) is 5.95. The molecule has 0 spiro atoms. The van der Waals surface area contributed by atoms with E-state index in [4.69, 9.17) is 0 Å². The highest BCUT2D eigenvalue weighted by atomic mass is 79.9. The zero-order valence-electron chi connectivity index (χ0n) is 11.1. The van der Waals surface area contributed by atoms with Crippen molar-refractivity contribution in [2.24, 2.45) is 5.41 Å². The molecule has 3 nitrogen and oxygen atoms in total. The predicted molar refractivity (Wildman–Crippen MR) is 78.4 cm³/mol. The summed E-state index contributed by atoms with van der Waals surface area (Å²) in [5.41, 5.74) is -0.161. The first kappa shape index (κ1) is 16.6. The van der Waals surface area contributed by atoms with E-state index in [-0.39, 0.29) is 16.9 Å². The number of benzene rings is 1. The second kappa shape index (κ2) is 6.81. The summed E-state index contributed by atoms with van der Waals surface area (Å²) >= 11 is 3.35. The van der Waals surface area contributed by atoms with Crippen molar-refractivity contribution < 1.29 is 12.8 Å². The second-order valence-electron chi connectivity index (χ2n) is 5.21. The molecule has 1 N–H and O–H groups in total. The lowest BCUT2D eigenvalue weighted by Gasteiger charge is -2.24. The standard InChI is InChI=1S/C13H19BrFNO2S/c1-13(2,8-5-9-14)10-16-19(17,18)12-7-4-3-6-11(12)15/h3-4,6-7,16H,5,8-10H2,1-2H3. The van der Waals surface area contributed by atoms with E-state index in [0.29, 0.717) is 0 Å². The summed E-state index contributed by atoms with van der Waals surface area (Å²) in [5, 5.41) is 0.885. The minimum Gasteiger partial charge on any atom is -0.211 e. The van der Waals surface area contributed by atoms with Gasteiger partial charge in [0.25, 0.3) is 0 Å². The first-order valence-corrected chi connectivity index (χ1v) is 8.69. The molecule has 0 aliphatic carbocycles. The van der Waals surface area contributed by atoms with Crippen molar-refractivity contribution in [2.45, 2.75) is 31.6 Å². The van der Waals surface area contributed by atoms with E-state index >= 15 is 0 Å². The van der Waals surface area contributed by atoms with Gasteiger partial charge in [0.15, 0.2) is 0 Å². The third-order valence-electron chi connectivity index (χ3n) is 2.85. The molecule has 0 fully saturated rings. The van der Waals surface area contributed by atoms with Crippen LogP contribution in [0.5, 0.6) is 0 Å². The fourth-order valence-corrected chi connectivity index (χ4v) is 3.26. The Bertz CT molecular complexity index is 517. The molecule has 0 radical (unpaired) electrons. The van der Waals surface area contributed by atoms with Crippen molar-refractivity contribution in [2.75, 3.05) is 11.9 Å². The summed E-state index contributed by atoms with van der Waals surface area (Å²) in [6.45, 7) is 4.26. The van der Waals surface area contributed by atoms with Gasteiger partial charge >= 0.3 is 0 Å². The first-order valence-electron chi connectivity index (χ1n) is 6.09. The van der Waals surface area contributed by atoms with Gasteiger partial charge in [0.1, 0.15) is 10.7 Å². The topological polar surface area (TPSA) is 46.2 Å². The van der Waals surface area contributed by atoms with E-state index in [1.165, 1.54) is 18.2 Å². The van der Waals surface area contributed by atoms with Crippen LogP contribution in [-0.2, 0) is 10.0 Å². The Morgan fingerprint density at radius 2 is 1.95 bits per heavy atom. The Hall–Kier alpha value is -0.460. The molecule has 0 aliphatic rings. The van der Waals surface area contributed by atoms with Gasteiger partial charge in [-0.1, -0.05) is 41.9 Å². The number of hydrogen-bond donors (Lipinski definition) is 1. The molecule has 0 atom stereocenters. The van der Waals surface area contributed by atoms with Crippen molar-refractivity contribution >= 4 is 26.0 Å². The summed E-state index contributed by atoms with van der Waals surface area (Å²) in [6.07, 6.45) is 1.85. The highest BCUT2D eigenvalue weighted by Crippen LogP contribution is 2.23. The molecule has 0 saturated heterocycles. The first-order chi connectivity index (χ1) is 8.78. The van der Waals surface area contributed by atoms with Crippen molar-refractivity contribution in [1.82, 2.24) is 4.72 Å². The van der Waals surface area contributed by atoms with Crippen LogP contribution in [0.2, 0.25) is 0 Å². The van der Waals surface area contributed by atoms with Gasteiger partial charge in [0.2, 0.25) is 10.0 Å². The number of hydrogen-bond acceptors (Lipinski definition) is 2. The van der Waals surface area contributed by atoms with Crippen molar-refractivity contribution in [3.8, 4) is 0 Å². The van der Waals surface area contributed by atoms with E-state index in [1.807, 2.05) is 13.8 Å². The highest BCUT2D eigenvalue weighted by molar-refractivity contribution is 9.09. The van der Waals surface area contributed by atoms with Crippen LogP contribution in [0.1, 0.15) is 26.7 Å². The van der Waals surface area contributed by atoms with Crippen LogP contribution >= 0.6 is 15.9 Å². The molecule has 0 aromatic heterocycles.